The van der Waals surface area contributed by atoms with E-state index in [2.05, 4.69) is 35.6 Å². The summed E-state index contributed by atoms with van der Waals surface area (Å²) < 4.78 is 5.86. The Morgan fingerprint density at radius 1 is 1.08 bits per heavy atom. The number of nitrogens with one attached hydrogen (secondary N) is 1. The lowest BCUT2D eigenvalue weighted by Gasteiger charge is -2.18. The zero-order valence-corrected chi connectivity index (χ0v) is 15.1. The van der Waals surface area contributed by atoms with Crippen LogP contribution in [0.4, 0.5) is 0 Å². The van der Waals surface area contributed by atoms with Gasteiger partial charge in [-0.2, -0.15) is 0 Å². The molecule has 1 fully saturated rings. The van der Waals surface area contributed by atoms with Gasteiger partial charge in [0, 0.05) is 31.2 Å². The number of carbonyl (C=O) groups excluding carboxylic acids is 1. The van der Waals surface area contributed by atoms with Crippen molar-refractivity contribution >= 4 is 5.91 Å². The van der Waals surface area contributed by atoms with Gasteiger partial charge in [0.1, 0.15) is 5.75 Å². The van der Waals surface area contributed by atoms with Crippen molar-refractivity contribution in [2.45, 2.75) is 38.3 Å². The highest BCUT2D eigenvalue weighted by Gasteiger charge is 2.22. The molecule has 136 valence electrons. The van der Waals surface area contributed by atoms with Crippen LogP contribution in [-0.2, 0) is 17.8 Å². The van der Waals surface area contributed by atoms with Crippen LogP contribution in [0.15, 0.2) is 48.5 Å². The fourth-order valence-electron chi connectivity index (χ4n) is 3.99. The van der Waals surface area contributed by atoms with Crippen LogP contribution < -0.4 is 10.1 Å². The quantitative estimate of drug-likeness (QED) is 0.867. The Morgan fingerprint density at radius 3 is 2.73 bits per heavy atom. The largest absolute Gasteiger partial charge is 0.483 e. The maximum absolute atomic E-state index is 12.2. The third-order valence-electron chi connectivity index (χ3n) is 5.45. The van der Waals surface area contributed by atoms with Crippen molar-refractivity contribution < 1.29 is 9.53 Å². The first kappa shape index (κ1) is 17.1. The minimum atomic E-state index is 0.0926. The average Bonchev–Trinajstić information content (AvgIpc) is 3.35. The lowest BCUT2D eigenvalue weighted by atomic mass is 10.1. The molecule has 0 bridgehead atoms. The Bertz CT molecular complexity index is 768. The predicted octanol–water partition coefficient (Wildman–Crippen LogP) is 3.46. The van der Waals surface area contributed by atoms with Gasteiger partial charge in [0.25, 0.3) is 5.91 Å². The highest BCUT2D eigenvalue weighted by Crippen LogP contribution is 2.31. The maximum Gasteiger partial charge on any atom is 0.260 e. The number of amides is 1. The zero-order valence-electron chi connectivity index (χ0n) is 15.1. The molecule has 1 aliphatic carbocycles. The van der Waals surface area contributed by atoms with Crippen molar-refractivity contribution in [3.63, 3.8) is 0 Å². The van der Waals surface area contributed by atoms with E-state index in [1.165, 1.54) is 11.1 Å². The van der Waals surface area contributed by atoms with E-state index >= 15 is 0 Å². The van der Waals surface area contributed by atoms with Crippen molar-refractivity contribution in [2.75, 3.05) is 19.7 Å². The van der Waals surface area contributed by atoms with Gasteiger partial charge in [-0.05, 0) is 42.9 Å². The van der Waals surface area contributed by atoms with Crippen LogP contribution in [0.5, 0.6) is 5.75 Å². The summed E-state index contributed by atoms with van der Waals surface area (Å²) in [5, 5.41) is 3.66. The Labute approximate surface area is 155 Å². The van der Waals surface area contributed by atoms with E-state index in [0.717, 1.165) is 56.6 Å². The van der Waals surface area contributed by atoms with Gasteiger partial charge >= 0.3 is 0 Å². The molecule has 1 atom stereocenters. The van der Waals surface area contributed by atoms with Gasteiger partial charge in [0.05, 0.1) is 0 Å². The number of hydrogen-bond donors (Lipinski definition) is 1. The van der Waals surface area contributed by atoms with Gasteiger partial charge in [-0.25, -0.2) is 0 Å². The maximum atomic E-state index is 12.2. The molecule has 4 rings (SSSR count). The summed E-state index contributed by atoms with van der Waals surface area (Å²) in [4.78, 5) is 14.1. The number of nitrogens with zero attached hydrogens (tertiary/aromatic N) is 1. The Hall–Kier alpha value is -2.33. The van der Waals surface area contributed by atoms with Gasteiger partial charge in [0.15, 0.2) is 6.61 Å². The smallest absolute Gasteiger partial charge is 0.260 e. The van der Waals surface area contributed by atoms with Crippen molar-refractivity contribution in [2.24, 2.45) is 0 Å². The van der Waals surface area contributed by atoms with Gasteiger partial charge < -0.3 is 15.0 Å². The molecule has 0 radical (unpaired) electrons. The highest BCUT2D eigenvalue weighted by atomic mass is 16.5. The molecule has 0 aromatic heterocycles. The monoisotopic (exact) mass is 350 g/mol. The summed E-state index contributed by atoms with van der Waals surface area (Å²) in [5.74, 6) is 0.897. The second kappa shape index (κ2) is 7.92. The number of ether oxygens (including phenoxy) is 1. The number of hydrogen-bond acceptors (Lipinski definition) is 3. The molecule has 1 amide bonds. The van der Waals surface area contributed by atoms with E-state index in [9.17, 15) is 4.79 Å². The Kier molecular flexibility index (Phi) is 5.21. The molecular formula is C22H26N2O2. The lowest BCUT2D eigenvalue weighted by Crippen LogP contribution is -2.32. The number of carbonyl (C=O) groups is 1. The number of para-hydroxylation sites is 1. The van der Waals surface area contributed by atoms with Crippen LogP contribution in [0.1, 0.15) is 42.0 Å². The van der Waals surface area contributed by atoms with Crippen LogP contribution in [0.25, 0.3) is 0 Å². The normalized spacial score (nSPS) is 18.8. The molecule has 1 aliphatic heterocycles. The van der Waals surface area contributed by atoms with E-state index in [1.54, 1.807) is 0 Å². The molecule has 1 N–H and O–H groups in total. The molecule has 2 aliphatic rings. The lowest BCUT2D eigenvalue weighted by molar-refractivity contribution is -0.132. The fraction of sp³-hybridized carbons (Fsp3) is 0.409. The van der Waals surface area contributed by atoms with Gasteiger partial charge in [0.2, 0.25) is 0 Å². The molecular weight excluding hydrogens is 324 g/mol. The predicted molar refractivity (Wildman–Crippen MR) is 102 cm³/mol. The summed E-state index contributed by atoms with van der Waals surface area (Å²) in [5.41, 5.74) is 3.96. The molecule has 4 nitrogen and oxygen atoms in total. The summed E-state index contributed by atoms with van der Waals surface area (Å²) in [6, 6.07) is 17.1. The number of rotatable bonds is 6. The Balaban J connectivity index is 1.36. The van der Waals surface area contributed by atoms with Crippen LogP contribution >= 0.6 is 0 Å². The fourth-order valence-corrected chi connectivity index (χ4v) is 3.99. The van der Waals surface area contributed by atoms with Gasteiger partial charge in [-0.3, -0.25) is 4.79 Å². The van der Waals surface area contributed by atoms with Crippen molar-refractivity contribution in [3.05, 3.63) is 65.2 Å². The molecule has 0 spiro atoms. The second-order valence-corrected chi connectivity index (χ2v) is 7.16. The van der Waals surface area contributed by atoms with Gasteiger partial charge in [-0.15, -0.1) is 0 Å². The van der Waals surface area contributed by atoms with Crippen LogP contribution in [0, 0.1) is 0 Å². The average molecular weight is 350 g/mol. The minimum Gasteiger partial charge on any atom is -0.483 e. The van der Waals surface area contributed by atoms with Crippen molar-refractivity contribution in [1.82, 2.24) is 10.2 Å². The summed E-state index contributed by atoms with van der Waals surface area (Å²) in [7, 11) is 0. The van der Waals surface area contributed by atoms with Crippen molar-refractivity contribution in [1.29, 1.82) is 0 Å². The third-order valence-corrected chi connectivity index (χ3v) is 5.45. The van der Waals surface area contributed by atoms with Crippen LogP contribution in [0.3, 0.4) is 0 Å². The summed E-state index contributed by atoms with van der Waals surface area (Å²) in [6.45, 7) is 2.61. The van der Waals surface area contributed by atoms with Crippen molar-refractivity contribution in [3.8, 4) is 5.75 Å². The molecule has 1 heterocycles. The first-order chi connectivity index (χ1) is 12.8. The van der Waals surface area contributed by atoms with Crippen LogP contribution in [0.2, 0.25) is 0 Å². The van der Waals surface area contributed by atoms with Crippen LogP contribution in [-0.4, -0.2) is 30.5 Å². The highest BCUT2D eigenvalue weighted by molar-refractivity contribution is 5.78. The van der Waals surface area contributed by atoms with E-state index < -0.39 is 0 Å². The molecule has 4 heteroatoms. The summed E-state index contributed by atoms with van der Waals surface area (Å²) in [6.07, 6.45) is 4.48. The molecule has 1 saturated heterocycles. The topological polar surface area (TPSA) is 41.6 Å². The molecule has 2 aromatic carbocycles. The minimum absolute atomic E-state index is 0.0926. The number of fused-ring (bicyclic) bond motifs is 1. The van der Waals surface area contributed by atoms with Gasteiger partial charge in [-0.1, -0.05) is 42.5 Å². The Morgan fingerprint density at radius 2 is 1.85 bits per heavy atom. The molecule has 0 saturated carbocycles. The second-order valence-electron chi connectivity index (χ2n) is 7.16. The van der Waals surface area contributed by atoms with E-state index in [-0.39, 0.29) is 12.5 Å². The standard InChI is InChI=1S/C22H26N2O2/c25-22(24-13-5-6-14-24)16-26-21-10-4-2-8-18(21)15-23-20-12-11-17-7-1-3-9-19(17)20/h1-4,7-10,20,23H,5-6,11-16H2. The molecule has 26 heavy (non-hydrogen) atoms. The number of aryl methyl sites for hydroxylation is 1. The summed E-state index contributed by atoms with van der Waals surface area (Å²) >= 11 is 0. The molecule has 2 aromatic rings. The van der Waals surface area contributed by atoms with E-state index in [0.29, 0.717) is 6.04 Å². The SMILES string of the molecule is O=C(COc1ccccc1CNC1CCc2ccccc21)N1CCCC1. The first-order valence-corrected chi connectivity index (χ1v) is 9.61. The molecule has 1 unspecified atom stereocenters. The zero-order chi connectivity index (χ0) is 17.8. The third kappa shape index (κ3) is 3.75. The van der Waals surface area contributed by atoms with E-state index in [1.807, 2.05) is 23.1 Å². The number of likely N-dealkylation sites (tertiary alicyclic amines) is 1. The number of benzene rings is 2. The van der Waals surface area contributed by atoms with E-state index in [4.69, 9.17) is 4.74 Å². The first-order valence-electron chi connectivity index (χ1n) is 9.61.